The molecule has 106 valence electrons. The van der Waals surface area contributed by atoms with Gasteiger partial charge < -0.3 is 10.2 Å². The Morgan fingerprint density at radius 2 is 2.15 bits per heavy atom. The molecule has 0 amide bonds. The summed E-state index contributed by atoms with van der Waals surface area (Å²) in [4.78, 5) is 6.80. The van der Waals surface area contributed by atoms with Gasteiger partial charge in [0.2, 0.25) is 0 Å². The summed E-state index contributed by atoms with van der Waals surface area (Å²) in [5.74, 6) is 0. The van der Waals surface area contributed by atoms with E-state index in [-0.39, 0.29) is 0 Å². The molecule has 1 fully saturated rings. The molecule has 2 atom stereocenters. The van der Waals surface area contributed by atoms with Crippen LogP contribution in [0.4, 0.5) is 0 Å². The van der Waals surface area contributed by atoms with Gasteiger partial charge in [0.1, 0.15) is 0 Å². The minimum atomic E-state index is 0.625. The maximum atomic E-state index is 4.36. The van der Waals surface area contributed by atoms with E-state index >= 15 is 0 Å². The van der Waals surface area contributed by atoms with E-state index in [0.29, 0.717) is 12.1 Å². The third-order valence-electron chi connectivity index (χ3n) is 4.54. The average molecular weight is 269 g/mol. The second kappa shape index (κ2) is 5.90. The van der Waals surface area contributed by atoms with Crippen molar-refractivity contribution >= 4 is 10.8 Å². The fraction of sp³-hybridized carbons (Fsp3) is 0.471. The SMILES string of the molecule is CC1CC(NCc2cncc3ccccc23)CCN1C. The largest absolute Gasteiger partial charge is 0.310 e. The fourth-order valence-corrected chi connectivity index (χ4v) is 3.05. The Bertz CT molecular complexity index is 576. The molecule has 2 heterocycles. The van der Waals surface area contributed by atoms with Crippen LogP contribution in [-0.2, 0) is 6.54 Å². The van der Waals surface area contributed by atoms with E-state index in [1.165, 1.54) is 35.7 Å². The molecular weight excluding hydrogens is 246 g/mol. The zero-order valence-corrected chi connectivity index (χ0v) is 12.3. The summed E-state index contributed by atoms with van der Waals surface area (Å²) in [7, 11) is 2.22. The van der Waals surface area contributed by atoms with Crippen LogP contribution < -0.4 is 5.32 Å². The fourth-order valence-electron chi connectivity index (χ4n) is 3.05. The van der Waals surface area contributed by atoms with E-state index < -0.39 is 0 Å². The first-order chi connectivity index (χ1) is 9.74. The zero-order valence-electron chi connectivity index (χ0n) is 12.3. The molecule has 20 heavy (non-hydrogen) atoms. The van der Waals surface area contributed by atoms with Gasteiger partial charge in [-0.25, -0.2) is 0 Å². The van der Waals surface area contributed by atoms with Crippen LogP contribution in [0.15, 0.2) is 36.7 Å². The highest BCUT2D eigenvalue weighted by Crippen LogP contribution is 2.19. The quantitative estimate of drug-likeness (QED) is 0.928. The lowest BCUT2D eigenvalue weighted by molar-refractivity contribution is 0.168. The van der Waals surface area contributed by atoms with Gasteiger partial charge in [-0.15, -0.1) is 0 Å². The molecule has 1 saturated heterocycles. The topological polar surface area (TPSA) is 28.2 Å². The Morgan fingerprint density at radius 1 is 1.30 bits per heavy atom. The van der Waals surface area contributed by atoms with Gasteiger partial charge in [-0.1, -0.05) is 24.3 Å². The van der Waals surface area contributed by atoms with Crippen molar-refractivity contribution in [3.05, 3.63) is 42.2 Å². The molecule has 0 aliphatic carbocycles. The number of benzene rings is 1. The monoisotopic (exact) mass is 269 g/mol. The summed E-state index contributed by atoms with van der Waals surface area (Å²) < 4.78 is 0. The van der Waals surface area contributed by atoms with Crippen LogP contribution in [0.1, 0.15) is 25.3 Å². The van der Waals surface area contributed by atoms with Gasteiger partial charge in [0.05, 0.1) is 0 Å². The number of rotatable bonds is 3. The Balaban J connectivity index is 1.68. The lowest BCUT2D eigenvalue weighted by Gasteiger charge is -2.35. The minimum absolute atomic E-state index is 0.625. The molecule has 2 unspecified atom stereocenters. The number of fused-ring (bicyclic) bond motifs is 1. The molecule has 1 aromatic carbocycles. The van der Waals surface area contributed by atoms with Gasteiger partial charge in [-0.05, 0) is 44.3 Å². The normalized spacial score (nSPS) is 24.1. The lowest BCUT2D eigenvalue weighted by atomic mass is 9.98. The Kier molecular flexibility index (Phi) is 3.99. The minimum Gasteiger partial charge on any atom is -0.310 e. The molecule has 1 N–H and O–H groups in total. The van der Waals surface area contributed by atoms with Gasteiger partial charge in [0.25, 0.3) is 0 Å². The third-order valence-corrected chi connectivity index (χ3v) is 4.54. The number of pyridine rings is 1. The summed E-state index contributed by atoms with van der Waals surface area (Å²) >= 11 is 0. The molecule has 2 aromatic rings. The van der Waals surface area contributed by atoms with E-state index in [9.17, 15) is 0 Å². The summed E-state index contributed by atoms with van der Waals surface area (Å²) in [6, 6.07) is 9.78. The zero-order chi connectivity index (χ0) is 13.9. The van der Waals surface area contributed by atoms with Crippen molar-refractivity contribution in [3.63, 3.8) is 0 Å². The van der Waals surface area contributed by atoms with Crippen LogP contribution in [-0.4, -0.2) is 35.6 Å². The van der Waals surface area contributed by atoms with Crippen molar-refractivity contribution in [1.29, 1.82) is 0 Å². The molecule has 1 aromatic heterocycles. The van der Waals surface area contributed by atoms with E-state index in [1.54, 1.807) is 0 Å². The summed E-state index contributed by atoms with van der Waals surface area (Å²) in [6.45, 7) is 4.41. The summed E-state index contributed by atoms with van der Waals surface area (Å²) in [5.41, 5.74) is 1.30. The highest BCUT2D eigenvalue weighted by molar-refractivity contribution is 5.84. The van der Waals surface area contributed by atoms with E-state index in [2.05, 4.69) is 53.4 Å². The molecule has 0 spiro atoms. The molecule has 3 nitrogen and oxygen atoms in total. The lowest BCUT2D eigenvalue weighted by Crippen LogP contribution is -2.45. The van der Waals surface area contributed by atoms with Crippen molar-refractivity contribution in [3.8, 4) is 0 Å². The first-order valence-corrected chi connectivity index (χ1v) is 7.49. The molecule has 1 aliphatic heterocycles. The van der Waals surface area contributed by atoms with Crippen molar-refractivity contribution in [2.75, 3.05) is 13.6 Å². The molecule has 3 heteroatoms. The Hall–Kier alpha value is -1.45. The smallest absolute Gasteiger partial charge is 0.0346 e. The number of nitrogens with zero attached hydrogens (tertiary/aromatic N) is 2. The first-order valence-electron chi connectivity index (χ1n) is 7.49. The van der Waals surface area contributed by atoms with Gasteiger partial charge in [-0.2, -0.15) is 0 Å². The number of likely N-dealkylation sites (tertiary alicyclic amines) is 1. The van der Waals surface area contributed by atoms with Gasteiger partial charge in [-0.3, -0.25) is 4.98 Å². The predicted octanol–water partition coefficient (Wildman–Crippen LogP) is 2.81. The maximum absolute atomic E-state index is 4.36. The standard InChI is InChI=1S/C17H23N3/c1-13-9-16(7-8-20(13)2)19-12-15-11-18-10-14-5-3-4-6-17(14)15/h3-6,10-11,13,16,19H,7-9,12H2,1-2H3. The maximum Gasteiger partial charge on any atom is 0.0346 e. The summed E-state index contributed by atoms with van der Waals surface area (Å²) in [6.07, 6.45) is 6.40. The van der Waals surface area contributed by atoms with Gasteiger partial charge in [0, 0.05) is 36.4 Å². The van der Waals surface area contributed by atoms with Crippen molar-refractivity contribution in [1.82, 2.24) is 15.2 Å². The van der Waals surface area contributed by atoms with Crippen molar-refractivity contribution < 1.29 is 0 Å². The van der Waals surface area contributed by atoms with E-state index in [1.807, 2.05) is 12.4 Å². The van der Waals surface area contributed by atoms with Crippen LogP contribution in [0, 0.1) is 0 Å². The van der Waals surface area contributed by atoms with Gasteiger partial charge >= 0.3 is 0 Å². The first kappa shape index (κ1) is 13.5. The van der Waals surface area contributed by atoms with Crippen LogP contribution in [0.25, 0.3) is 10.8 Å². The van der Waals surface area contributed by atoms with Crippen molar-refractivity contribution in [2.24, 2.45) is 0 Å². The molecule has 1 aliphatic rings. The molecule has 0 saturated carbocycles. The summed E-state index contributed by atoms with van der Waals surface area (Å²) in [5, 5.41) is 6.26. The van der Waals surface area contributed by atoms with Crippen molar-refractivity contribution in [2.45, 2.75) is 38.4 Å². The Morgan fingerprint density at radius 3 is 3.00 bits per heavy atom. The molecule has 3 rings (SSSR count). The second-order valence-corrected chi connectivity index (χ2v) is 5.95. The number of hydrogen-bond donors (Lipinski definition) is 1. The highest BCUT2D eigenvalue weighted by atomic mass is 15.1. The van der Waals surface area contributed by atoms with Gasteiger partial charge in [0.15, 0.2) is 0 Å². The van der Waals surface area contributed by atoms with E-state index in [0.717, 1.165) is 6.54 Å². The molecule has 0 bridgehead atoms. The second-order valence-electron chi connectivity index (χ2n) is 5.95. The number of nitrogens with one attached hydrogen (secondary N) is 1. The van der Waals surface area contributed by atoms with Crippen LogP contribution in [0.2, 0.25) is 0 Å². The third kappa shape index (κ3) is 2.84. The van der Waals surface area contributed by atoms with Crippen LogP contribution in [0.3, 0.4) is 0 Å². The number of hydrogen-bond acceptors (Lipinski definition) is 3. The molecular formula is C17H23N3. The average Bonchev–Trinajstić information content (AvgIpc) is 2.48. The number of aromatic nitrogens is 1. The predicted molar refractivity (Wildman–Crippen MR) is 83.7 cm³/mol. The highest BCUT2D eigenvalue weighted by Gasteiger charge is 2.22. The number of piperidine rings is 1. The molecule has 0 radical (unpaired) electrons. The van der Waals surface area contributed by atoms with Crippen LogP contribution in [0.5, 0.6) is 0 Å². The Labute approximate surface area is 121 Å². The van der Waals surface area contributed by atoms with E-state index in [4.69, 9.17) is 0 Å². The van der Waals surface area contributed by atoms with Crippen LogP contribution >= 0.6 is 0 Å².